The Morgan fingerprint density at radius 1 is 1.38 bits per heavy atom. The Morgan fingerprint density at radius 2 is 1.94 bits per heavy atom. The third-order valence-electron chi connectivity index (χ3n) is 2.69. The zero-order valence-electron chi connectivity index (χ0n) is 10.1. The van der Waals surface area contributed by atoms with Crippen molar-refractivity contribution >= 4 is 11.7 Å². The van der Waals surface area contributed by atoms with Crippen molar-refractivity contribution in [1.29, 1.82) is 0 Å². The fraction of sp³-hybridized carbons (Fsp3) is 0.462. The number of carboxylic acid groups (broad SMARTS) is 1. The van der Waals surface area contributed by atoms with Gasteiger partial charge >= 0.3 is 5.97 Å². The summed E-state index contributed by atoms with van der Waals surface area (Å²) in [6.07, 6.45) is 1.44. The van der Waals surface area contributed by atoms with Crippen LogP contribution in [0.25, 0.3) is 0 Å². The number of nitrogens with one attached hydrogen (secondary N) is 1. The highest BCUT2D eigenvalue weighted by Crippen LogP contribution is 2.20. The smallest absolute Gasteiger partial charge is 0.329 e. The Hall–Kier alpha value is -1.51. The molecule has 0 aliphatic heterocycles. The van der Waals surface area contributed by atoms with E-state index in [4.69, 9.17) is 0 Å². The second-order valence-electron chi connectivity index (χ2n) is 4.38. The zero-order valence-corrected chi connectivity index (χ0v) is 10.1. The van der Waals surface area contributed by atoms with Crippen LogP contribution in [0.15, 0.2) is 24.3 Å². The highest BCUT2D eigenvalue weighted by Gasteiger charge is 2.31. The van der Waals surface area contributed by atoms with Crippen molar-refractivity contribution in [2.45, 2.75) is 39.2 Å². The lowest BCUT2D eigenvalue weighted by atomic mass is 9.96. The summed E-state index contributed by atoms with van der Waals surface area (Å²) < 4.78 is 0. The minimum absolute atomic E-state index is 0.607. The van der Waals surface area contributed by atoms with Gasteiger partial charge in [0, 0.05) is 5.69 Å². The Labute approximate surface area is 96.5 Å². The zero-order chi connectivity index (χ0) is 12.2. The number of hydrogen-bond donors (Lipinski definition) is 2. The fourth-order valence-corrected chi connectivity index (χ4v) is 1.68. The number of rotatable bonds is 5. The summed E-state index contributed by atoms with van der Waals surface area (Å²) in [5.74, 6) is -0.810. The van der Waals surface area contributed by atoms with Gasteiger partial charge in [0.25, 0.3) is 0 Å². The molecule has 0 aliphatic rings. The van der Waals surface area contributed by atoms with Gasteiger partial charge in [-0.25, -0.2) is 4.79 Å². The predicted molar refractivity (Wildman–Crippen MR) is 65.8 cm³/mol. The maximum absolute atomic E-state index is 11.2. The number of benzene rings is 1. The molecule has 1 rings (SSSR count). The minimum Gasteiger partial charge on any atom is -0.480 e. The van der Waals surface area contributed by atoms with Gasteiger partial charge in [0.1, 0.15) is 5.54 Å². The number of hydrogen-bond acceptors (Lipinski definition) is 2. The quantitative estimate of drug-likeness (QED) is 0.803. The van der Waals surface area contributed by atoms with Crippen molar-refractivity contribution in [3.05, 3.63) is 29.8 Å². The first-order valence-electron chi connectivity index (χ1n) is 5.56. The van der Waals surface area contributed by atoms with Gasteiger partial charge in [-0.3, -0.25) is 0 Å². The van der Waals surface area contributed by atoms with Crippen LogP contribution in [0, 0.1) is 6.92 Å². The van der Waals surface area contributed by atoms with E-state index in [0.29, 0.717) is 6.42 Å². The van der Waals surface area contributed by atoms with Crippen molar-refractivity contribution in [2.75, 3.05) is 5.32 Å². The van der Waals surface area contributed by atoms with E-state index in [2.05, 4.69) is 5.32 Å². The van der Waals surface area contributed by atoms with E-state index in [0.717, 1.165) is 17.7 Å². The SMILES string of the molecule is CCCC(C)(Nc1ccc(C)cc1)C(=O)O. The molecule has 0 amide bonds. The highest BCUT2D eigenvalue weighted by molar-refractivity contribution is 5.82. The summed E-state index contributed by atoms with van der Waals surface area (Å²) in [4.78, 5) is 11.2. The van der Waals surface area contributed by atoms with Crippen LogP contribution in [0.5, 0.6) is 0 Å². The van der Waals surface area contributed by atoms with Gasteiger partial charge in [-0.15, -0.1) is 0 Å². The van der Waals surface area contributed by atoms with Gasteiger partial charge in [0.15, 0.2) is 0 Å². The van der Waals surface area contributed by atoms with E-state index < -0.39 is 11.5 Å². The molecule has 2 N–H and O–H groups in total. The van der Waals surface area contributed by atoms with Crippen LogP contribution in [0.2, 0.25) is 0 Å². The maximum Gasteiger partial charge on any atom is 0.329 e. The molecular formula is C13H19NO2. The van der Waals surface area contributed by atoms with Crippen molar-refractivity contribution in [3.8, 4) is 0 Å². The van der Waals surface area contributed by atoms with Gasteiger partial charge < -0.3 is 10.4 Å². The van der Waals surface area contributed by atoms with E-state index in [1.165, 1.54) is 0 Å². The lowest BCUT2D eigenvalue weighted by molar-refractivity contribution is -0.141. The van der Waals surface area contributed by atoms with Crippen LogP contribution in [0.1, 0.15) is 32.3 Å². The second-order valence-corrected chi connectivity index (χ2v) is 4.38. The molecule has 0 fully saturated rings. The van der Waals surface area contributed by atoms with Crippen LogP contribution in [0.4, 0.5) is 5.69 Å². The van der Waals surface area contributed by atoms with E-state index in [9.17, 15) is 9.90 Å². The molecule has 3 nitrogen and oxygen atoms in total. The summed E-state index contributed by atoms with van der Waals surface area (Å²) >= 11 is 0. The topological polar surface area (TPSA) is 49.3 Å². The molecule has 0 saturated carbocycles. The van der Waals surface area contributed by atoms with Gasteiger partial charge in [0.05, 0.1) is 0 Å². The number of carboxylic acids is 1. The van der Waals surface area contributed by atoms with Crippen molar-refractivity contribution in [3.63, 3.8) is 0 Å². The molecule has 3 heteroatoms. The van der Waals surface area contributed by atoms with Crippen molar-refractivity contribution < 1.29 is 9.90 Å². The Bertz CT molecular complexity index is 359. The maximum atomic E-state index is 11.2. The predicted octanol–water partition coefficient (Wildman–Crippen LogP) is 3.05. The normalized spacial score (nSPS) is 14.2. The number of anilines is 1. The van der Waals surface area contributed by atoms with E-state index in [1.54, 1.807) is 6.92 Å². The summed E-state index contributed by atoms with van der Waals surface area (Å²) in [5, 5.41) is 12.3. The third kappa shape index (κ3) is 2.99. The summed E-state index contributed by atoms with van der Waals surface area (Å²) in [7, 11) is 0. The summed E-state index contributed by atoms with van der Waals surface area (Å²) in [6, 6.07) is 7.76. The molecule has 1 unspecified atom stereocenters. The van der Waals surface area contributed by atoms with Gasteiger partial charge in [0.2, 0.25) is 0 Å². The molecule has 16 heavy (non-hydrogen) atoms. The van der Waals surface area contributed by atoms with E-state index >= 15 is 0 Å². The number of carbonyl (C=O) groups is 1. The molecule has 1 atom stereocenters. The number of aliphatic carboxylic acids is 1. The molecule has 0 bridgehead atoms. The van der Waals surface area contributed by atoms with Crippen molar-refractivity contribution in [1.82, 2.24) is 0 Å². The van der Waals surface area contributed by atoms with Crippen LogP contribution >= 0.6 is 0 Å². The lowest BCUT2D eigenvalue weighted by Gasteiger charge is -2.27. The van der Waals surface area contributed by atoms with Gasteiger partial charge in [-0.05, 0) is 32.4 Å². The van der Waals surface area contributed by atoms with Crippen LogP contribution < -0.4 is 5.32 Å². The minimum atomic E-state index is -0.885. The fourth-order valence-electron chi connectivity index (χ4n) is 1.68. The molecule has 0 aromatic heterocycles. The summed E-state index contributed by atoms with van der Waals surface area (Å²) in [5.41, 5.74) is 1.13. The molecule has 88 valence electrons. The summed E-state index contributed by atoms with van der Waals surface area (Å²) in [6.45, 7) is 5.71. The molecule has 1 aromatic rings. The van der Waals surface area contributed by atoms with Crippen LogP contribution in [0.3, 0.4) is 0 Å². The second kappa shape index (κ2) is 5.01. The molecule has 0 saturated heterocycles. The standard InChI is InChI=1S/C13H19NO2/c1-4-9-13(3,12(15)16)14-11-7-5-10(2)6-8-11/h5-8,14H,4,9H2,1-3H3,(H,15,16). The van der Waals surface area contributed by atoms with Crippen LogP contribution in [-0.2, 0) is 4.79 Å². The molecular weight excluding hydrogens is 202 g/mol. The first-order chi connectivity index (χ1) is 7.48. The molecule has 0 radical (unpaired) electrons. The average Bonchev–Trinajstić information content (AvgIpc) is 2.22. The lowest BCUT2D eigenvalue weighted by Crippen LogP contribution is -2.43. The molecule has 0 aliphatic carbocycles. The third-order valence-corrected chi connectivity index (χ3v) is 2.69. The first kappa shape index (κ1) is 12.6. The van der Waals surface area contributed by atoms with Crippen molar-refractivity contribution in [2.24, 2.45) is 0 Å². The van der Waals surface area contributed by atoms with E-state index in [-0.39, 0.29) is 0 Å². The number of aryl methyl sites for hydroxylation is 1. The van der Waals surface area contributed by atoms with Gasteiger partial charge in [-0.1, -0.05) is 31.0 Å². The van der Waals surface area contributed by atoms with E-state index in [1.807, 2.05) is 38.1 Å². The average molecular weight is 221 g/mol. The Kier molecular flexibility index (Phi) is 3.93. The monoisotopic (exact) mass is 221 g/mol. The molecule has 1 aromatic carbocycles. The highest BCUT2D eigenvalue weighted by atomic mass is 16.4. The van der Waals surface area contributed by atoms with Crippen LogP contribution in [-0.4, -0.2) is 16.6 Å². The Morgan fingerprint density at radius 3 is 2.38 bits per heavy atom. The first-order valence-corrected chi connectivity index (χ1v) is 5.56. The largest absolute Gasteiger partial charge is 0.480 e. The van der Waals surface area contributed by atoms with Gasteiger partial charge in [-0.2, -0.15) is 0 Å². The Balaban J connectivity index is 2.83. The molecule has 0 spiro atoms. The molecule has 0 heterocycles.